The summed E-state index contributed by atoms with van der Waals surface area (Å²) in [5.74, 6) is -0.355. The van der Waals surface area contributed by atoms with Gasteiger partial charge in [0, 0.05) is 19.8 Å². The summed E-state index contributed by atoms with van der Waals surface area (Å²) in [6, 6.07) is 0. The highest BCUT2D eigenvalue weighted by atomic mass is 16.5. The molecule has 76 valence electrons. The standard InChI is InChI=1S/C9H16O4/c1-6(10)13-9-4-7(11)2-3-8(12)5-9/h7-9,11-12H,2-5H2,1H3. The van der Waals surface area contributed by atoms with Gasteiger partial charge in [-0.1, -0.05) is 0 Å². The number of carbonyl (C=O) groups excluding carboxylic acids is 1. The molecule has 1 saturated carbocycles. The summed E-state index contributed by atoms with van der Waals surface area (Å²) in [7, 11) is 0. The van der Waals surface area contributed by atoms with Crippen LogP contribution in [0.3, 0.4) is 0 Å². The lowest BCUT2D eigenvalue weighted by atomic mass is 10.1. The lowest BCUT2D eigenvalue weighted by Crippen LogP contribution is -2.23. The molecule has 4 nitrogen and oxygen atoms in total. The highest BCUT2D eigenvalue weighted by molar-refractivity contribution is 5.66. The first-order valence-corrected chi connectivity index (χ1v) is 4.61. The predicted molar refractivity (Wildman–Crippen MR) is 46.0 cm³/mol. The molecule has 0 aromatic rings. The van der Waals surface area contributed by atoms with E-state index >= 15 is 0 Å². The van der Waals surface area contributed by atoms with Gasteiger partial charge in [-0.15, -0.1) is 0 Å². The van der Waals surface area contributed by atoms with Crippen LogP contribution in [0, 0.1) is 0 Å². The van der Waals surface area contributed by atoms with E-state index in [0.29, 0.717) is 25.7 Å². The molecule has 0 aromatic heterocycles. The fourth-order valence-corrected chi connectivity index (χ4v) is 1.65. The van der Waals surface area contributed by atoms with Gasteiger partial charge < -0.3 is 14.9 Å². The Bertz CT molecular complexity index is 168. The third kappa shape index (κ3) is 3.74. The first-order chi connectivity index (χ1) is 6.08. The lowest BCUT2D eigenvalue weighted by Gasteiger charge is -2.17. The molecule has 1 aliphatic rings. The van der Waals surface area contributed by atoms with E-state index in [-0.39, 0.29) is 12.1 Å². The maximum Gasteiger partial charge on any atom is 0.302 e. The average molecular weight is 188 g/mol. The molecule has 2 atom stereocenters. The van der Waals surface area contributed by atoms with E-state index in [2.05, 4.69) is 0 Å². The normalized spacial score (nSPS) is 35.2. The SMILES string of the molecule is CC(=O)OC1CC(O)CCC(O)C1. The van der Waals surface area contributed by atoms with Gasteiger partial charge in [-0.25, -0.2) is 0 Å². The van der Waals surface area contributed by atoms with Crippen LogP contribution in [0.5, 0.6) is 0 Å². The number of esters is 1. The van der Waals surface area contributed by atoms with Crippen molar-refractivity contribution in [3.8, 4) is 0 Å². The van der Waals surface area contributed by atoms with Gasteiger partial charge in [0.1, 0.15) is 6.10 Å². The summed E-state index contributed by atoms with van der Waals surface area (Å²) in [4.78, 5) is 10.7. The molecule has 2 N–H and O–H groups in total. The molecule has 0 radical (unpaired) electrons. The lowest BCUT2D eigenvalue weighted by molar-refractivity contribution is -0.148. The minimum Gasteiger partial charge on any atom is -0.462 e. The fraction of sp³-hybridized carbons (Fsp3) is 0.889. The second-order valence-electron chi connectivity index (χ2n) is 3.59. The van der Waals surface area contributed by atoms with Gasteiger partial charge in [0.25, 0.3) is 0 Å². The van der Waals surface area contributed by atoms with Gasteiger partial charge in [-0.2, -0.15) is 0 Å². The number of aliphatic hydroxyl groups excluding tert-OH is 2. The van der Waals surface area contributed by atoms with E-state index in [4.69, 9.17) is 4.74 Å². The zero-order chi connectivity index (χ0) is 9.84. The minimum atomic E-state index is -0.457. The Morgan fingerprint density at radius 2 is 1.69 bits per heavy atom. The van der Waals surface area contributed by atoms with Gasteiger partial charge >= 0.3 is 5.97 Å². The van der Waals surface area contributed by atoms with Crippen molar-refractivity contribution in [3.63, 3.8) is 0 Å². The van der Waals surface area contributed by atoms with E-state index in [9.17, 15) is 15.0 Å². The number of aliphatic hydroxyl groups is 2. The van der Waals surface area contributed by atoms with Crippen molar-refractivity contribution >= 4 is 5.97 Å². The first-order valence-electron chi connectivity index (χ1n) is 4.61. The third-order valence-electron chi connectivity index (χ3n) is 2.24. The molecule has 0 amide bonds. The zero-order valence-corrected chi connectivity index (χ0v) is 7.77. The summed E-state index contributed by atoms with van der Waals surface area (Å²) < 4.78 is 4.95. The highest BCUT2D eigenvalue weighted by Gasteiger charge is 2.25. The zero-order valence-electron chi connectivity index (χ0n) is 7.77. The molecular weight excluding hydrogens is 172 g/mol. The summed E-state index contributed by atoms with van der Waals surface area (Å²) in [6.07, 6.45) is 0.804. The van der Waals surface area contributed by atoms with Crippen LogP contribution in [0.4, 0.5) is 0 Å². The van der Waals surface area contributed by atoms with Crippen LogP contribution >= 0.6 is 0 Å². The van der Waals surface area contributed by atoms with Crippen molar-refractivity contribution in [2.45, 2.75) is 50.9 Å². The number of hydrogen-bond acceptors (Lipinski definition) is 4. The van der Waals surface area contributed by atoms with Crippen molar-refractivity contribution in [1.29, 1.82) is 0 Å². The van der Waals surface area contributed by atoms with Crippen molar-refractivity contribution < 1.29 is 19.7 Å². The number of carbonyl (C=O) groups is 1. The molecule has 4 heteroatoms. The minimum absolute atomic E-state index is 0.329. The largest absolute Gasteiger partial charge is 0.462 e. The van der Waals surface area contributed by atoms with Gasteiger partial charge in [0.2, 0.25) is 0 Å². The molecule has 2 unspecified atom stereocenters. The van der Waals surface area contributed by atoms with Crippen LogP contribution in [0.15, 0.2) is 0 Å². The molecule has 13 heavy (non-hydrogen) atoms. The molecule has 1 fully saturated rings. The number of ether oxygens (including phenoxy) is 1. The van der Waals surface area contributed by atoms with Crippen LogP contribution in [0.1, 0.15) is 32.6 Å². The van der Waals surface area contributed by atoms with Gasteiger partial charge in [0.15, 0.2) is 0 Å². The number of rotatable bonds is 1. The maximum atomic E-state index is 10.7. The first kappa shape index (κ1) is 10.5. The van der Waals surface area contributed by atoms with Crippen molar-refractivity contribution in [2.75, 3.05) is 0 Å². The highest BCUT2D eigenvalue weighted by Crippen LogP contribution is 2.20. The van der Waals surface area contributed by atoms with E-state index in [1.165, 1.54) is 6.92 Å². The molecule has 0 bridgehead atoms. The predicted octanol–water partition coefficient (Wildman–Crippen LogP) is 0.214. The van der Waals surface area contributed by atoms with Gasteiger partial charge in [-0.3, -0.25) is 4.79 Å². The van der Waals surface area contributed by atoms with Crippen LogP contribution in [0.25, 0.3) is 0 Å². The van der Waals surface area contributed by atoms with E-state index in [0.717, 1.165) is 0 Å². The Kier molecular flexibility index (Phi) is 3.69. The Morgan fingerprint density at radius 1 is 1.23 bits per heavy atom. The Balaban J connectivity index is 2.46. The van der Waals surface area contributed by atoms with Crippen LogP contribution < -0.4 is 0 Å². The summed E-state index contributed by atoms with van der Waals surface area (Å²) in [6.45, 7) is 1.34. The Morgan fingerprint density at radius 3 is 2.08 bits per heavy atom. The van der Waals surface area contributed by atoms with E-state index in [1.807, 2.05) is 0 Å². The summed E-state index contributed by atoms with van der Waals surface area (Å²) in [5.41, 5.74) is 0. The fourth-order valence-electron chi connectivity index (χ4n) is 1.65. The van der Waals surface area contributed by atoms with E-state index in [1.54, 1.807) is 0 Å². The summed E-state index contributed by atoms with van der Waals surface area (Å²) >= 11 is 0. The molecule has 0 spiro atoms. The monoisotopic (exact) mass is 188 g/mol. The van der Waals surface area contributed by atoms with Crippen LogP contribution in [-0.2, 0) is 9.53 Å². The molecule has 0 saturated heterocycles. The molecular formula is C9H16O4. The molecule has 0 heterocycles. The third-order valence-corrected chi connectivity index (χ3v) is 2.24. The maximum absolute atomic E-state index is 10.7. The second kappa shape index (κ2) is 4.58. The van der Waals surface area contributed by atoms with E-state index < -0.39 is 12.2 Å². The molecule has 1 rings (SSSR count). The van der Waals surface area contributed by atoms with Crippen molar-refractivity contribution in [1.82, 2.24) is 0 Å². The van der Waals surface area contributed by atoms with Gasteiger partial charge in [0.05, 0.1) is 12.2 Å². The quantitative estimate of drug-likeness (QED) is 0.456. The number of hydrogen-bond donors (Lipinski definition) is 2. The topological polar surface area (TPSA) is 66.8 Å². The van der Waals surface area contributed by atoms with Crippen molar-refractivity contribution in [2.24, 2.45) is 0 Å². The van der Waals surface area contributed by atoms with Crippen LogP contribution in [-0.4, -0.2) is 34.5 Å². The molecule has 1 aliphatic carbocycles. The molecule has 0 aromatic carbocycles. The Labute approximate surface area is 77.5 Å². The van der Waals surface area contributed by atoms with Crippen LogP contribution in [0.2, 0.25) is 0 Å². The Hall–Kier alpha value is -0.610. The average Bonchev–Trinajstić information content (AvgIpc) is 2.11. The summed E-state index contributed by atoms with van der Waals surface area (Å²) in [5, 5.41) is 18.8. The molecule has 0 aliphatic heterocycles. The smallest absolute Gasteiger partial charge is 0.302 e. The van der Waals surface area contributed by atoms with Crippen molar-refractivity contribution in [3.05, 3.63) is 0 Å². The second-order valence-corrected chi connectivity index (χ2v) is 3.59. The van der Waals surface area contributed by atoms with Gasteiger partial charge in [-0.05, 0) is 12.8 Å².